The average Bonchev–Trinajstić information content (AvgIpc) is 3.16. The smallest absolute Gasteiger partial charge is 0.408 e. The maximum atomic E-state index is 13.9. The molecule has 1 atom stereocenters. The van der Waals surface area contributed by atoms with Crippen LogP contribution < -0.4 is 10.6 Å². The minimum Gasteiger partial charge on any atom is -0.462 e. The van der Waals surface area contributed by atoms with Crippen LogP contribution in [0.4, 0.5) is 4.79 Å². The molecular formula is C41H42N2O8. The summed E-state index contributed by atoms with van der Waals surface area (Å²) in [5.41, 5.74) is 2.40. The number of ketones is 1. The number of hydrogen-bond donors (Lipinski definition) is 2. The molecule has 0 fully saturated rings. The van der Waals surface area contributed by atoms with Gasteiger partial charge in [0.1, 0.15) is 25.4 Å². The first kappa shape index (κ1) is 37.8. The molecule has 10 heteroatoms. The molecule has 0 bridgehead atoms. The lowest BCUT2D eigenvalue weighted by Crippen LogP contribution is -2.48. The fraction of sp³-hybridized carbons (Fsp3) is 0.244. The summed E-state index contributed by atoms with van der Waals surface area (Å²) < 4.78 is 15.3. The number of Topliss-reactive ketones (excluding diaryl/α,β-unsaturated/α-hetero) is 1. The first-order valence-corrected chi connectivity index (χ1v) is 16.6. The van der Waals surface area contributed by atoms with Gasteiger partial charge in [0, 0.05) is 18.4 Å². The van der Waals surface area contributed by atoms with Crippen molar-refractivity contribution in [1.29, 1.82) is 0 Å². The molecule has 0 aromatic heterocycles. The molecule has 0 radical (unpaired) electrons. The fourth-order valence-corrected chi connectivity index (χ4v) is 5.43. The molecule has 2 amide bonds. The van der Waals surface area contributed by atoms with Crippen molar-refractivity contribution in [2.75, 3.05) is 13.2 Å². The number of hydrogen-bond acceptors (Lipinski definition) is 8. The van der Waals surface area contributed by atoms with E-state index in [0.29, 0.717) is 0 Å². The highest BCUT2D eigenvalue weighted by molar-refractivity contribution is 5.90. The van der Waals surface area contributed by atoms with E-state index in [9.17, 15) is 24.0 Å². The predicted octanol–water partition coefficient (Wildman–Crippen LogP) is 6.18. The third-order valence-corrected chi connectivity index (χ3v) is 8.00. The third-order valence-electron chi connectivity index (χ3n) is 8.00. The summed E-state index contributed by atoms with van der Waals surface area (Å²) in [4.78, 5) is 64.1. The van der Waals surface area contributed by atoms with Gasteiger partial charge in [0.25, 0.3) is 0 Å². The molecule has 0 saturated heterocycles. The highest BCUT2D eigenvalue weighted by atomic mass is 16.6. The van der Waals surface area contributed by atoms with Crippen LogP contribution in [0.15, 0.2) is 133 Å². The van der Waals surface area contributed by atoms with E-state index in [0.717, 1.165) is 22.3 Å². The van der Waals surface area contributed by atoms with E-state index in [2.05, 4.69) is 17.2 Å². The Morgan fingerprint density at radius 2 is 1.14 bits per heavy atom. The molecule has 4 rings (SSSR count). The second-order valence-corrected chi connectivity index (χ2v) is 11.8. The molecule has 0 heterocycles. The minimum atomic E-state index is -1.14. The molecule has 264 valence electrons. The lowest BCUT2D eigenvalue weighted by atomic mass is 9.77. The van der Waals surface area contributed by atoms with Gasteiger partial charge in [-0.1, -0.05) is 128 Å². The summed E-state index contributed by atoms with van der Waals surface area (Å²) in [6.45, 7) is 4.61. The molecule has 51 heavy (non-hydrogen) atoms. The number of esters is 2. The van der Waals surface area contributed by atoms with E-state index in [-0.39, 0.29) is 57.0 Å². The van der Waals surface area contributed by atoms with Crippen LogP contribution >= 0.6 is 0 Å². The van der Waals surface area contributed by atoms with Gasteiger partial charge in [-0.3, -0.25) is 14.4 Å². The standard InChI is InChI=1S/C41H42N2O8/c1-30(2)39(47)50-28-27-49-38(46)26-24-36(44)35(42-40(48)51-29-31-15-7-3-8-16-31)23-25-37(45)43-41(32-17-9-4-10-18-32,33-19-11-5-12-20-33)34-21-13-6-14-22-34/h3-22,35H,1,23-29H2,2H3,(H,42,48)(H,43,45)/t35-/m0/s1. The Hall–Kier alpha value is -6.03. The topological polar surface area (TPSA) is 137 Å². The first-order chi connectivity index (χ1) is 24.7. The van der Waals surface area contributed by atoms with E-state index in [4.69, 9.17) is 14.2 Å². The largest absolute Gasteiger partial charge is 0.462 e. The van der Waals surface area contributed by atoms with Gasteiger partial charge >= 0.3 is 18.0 Å². The fourth-order valence-electron chi connectivity index (χ4n) is 5.43. The Labute approximate surface area is 297 Å². The SMILES string of the molecule is C=C(C)C(=O)OCCOC(=O)CCC(=O)[C@H](CCC(=O)NC(c1ccccc1)(c1ccccc1)c1ccccc1)NC(=O)OCc1ccccc1. The summed E-state index contributed by atoms with van der Waals surface area (Å²) in [7, 11) is 0. The Morgan fingerprint density at radius 3 is 1.65 bits per heavy atom. The van der Waals surface area contributed by atoms with Gasteiger partial charge in [-0.15, -0.1) is 0 Å². The molecule has 0 spiro atoms. The molecular weight excluding hydrogens is 648 g/mol. The second-order valence-electron chi connectivity index (χ2n) is 11.8. The van der Waals surface area contributed by atoms with Crippen molar-refractivity contribution in [3.05, 3.63) is 156 Å². The van der Waals surface area contributed by atoms with E-state index >= 15 is 0 Å². The number of carbonyl (C=O) groups excluding carboxylic acids is 5. The van der Waals surface area contributed by atoms with E-state index in [1.54, 1.807) is 12.1 Å². The lowest BCUT2D eigenvalue weighted by molar-refractivity contribution is -0.150. The summed E-state index contributed by atoms with van der Waals surface area (Å²) in [6, 6.07) is 36.7. The van der Waals surface area contributed by atoms with Gasteiger partial charge in [-0.2, -0.15) is 0 Å². The predicted molar refractivity (Wildman–Crippen MR) is 191 cm³/mol. The van der Waals surface area contributed by atoms with Crippen LogP contribution in [-0.2, 0) is 45.5 Å². The number of carbonyl (C=O) groups is 5. The summed E-state index contributed by atoms with van der Waals surface area (Å²) in [5.74, 6) is -2.14. The maximum absolute atomic E-state index is 13.9. The quantitative estimate of drug-likeness (QED) is 0.0415. The van der Waals surface area contributed by atoms with E-state index < -0.39 is 35.4 Å². The van der Waals surface area contributed by atoms with Crippen molar-refractivity contribution in [2.45, 2.75) is 50.8 Å². The Bertz CT molecular complexity index is 1670. The lowest BCUT2D eigenvalue weighted by Gasteiger charge is -2.37. The summed E-state index contributed by atoms with van der Waals surface area (Å²) in [6.07, 6.45) is -1.59. The molecule has 2 N–H and O–H groups in total. The van der Waals surface area contributed by atoms with Gasteiger partial charge in [0.05, 0.1) is 12.5 Å². The number of alkyl carbamates (subject to hydrolysis) is 1. The molecule has 10 nitrogen and oxygen atoms in total. The molecule has 0 aliphatic heterocycles. The Kier molecular flexibility index (Phi) is 14.2. The molecule has 4 aromatic carbocycles. The zero-order valence-electron chi connectivity index (χ0n) is 28.5. The molecule has 0 saturated carbocycles. The summed E-state index contributed by atoms with van der Waals surface area (Å²) in [5, 5.41) is 5.85. The number of rotatable bonds is 18. The molecule has 0 aliphatic rings. The average molecular weight is 691 g/mol. The molecule has 4 aromatic rings. The maximum Gasteiger partial charge on any atom is 0.408 e. The van der Waals surface area contributed by atoms with Crippen LogP contribution in [0.3, 0.4) is 0 Å². The highest BCUT2D eigenvalue weighted by Crippen LogP contribution is 2.37. The monoisotopic (exact) mass is 690 g/mol. The van der Waals surface area contributed by atoms with Gasteiger partial charge in [-0.25, -0.2) is 9.59 Å². The molecule has 0 unspecified atom stereocenters. The molecule has 0 aliphatic carbocycles. The van der Waals surface area contributed by atoms with Crippen molar-refractivity contribution < 1.29 is 38.2 Å². The van der Waals surface area contributed by atoms with Crippen molar-refractivity contribution in [3.63, 3.8) is 0 Å². The van der Waals surface area contributed by atoms with Gasteiger partial charge < -0.3 is 24.8 Å². The third kappa shape index (κ3) is 11.3. The second kappa shape index (κ2) is 19.2. The van der Waals surface area contributed by atoms with E-state index in [1.807, 2.05) is 109 Å². The number of benzene rings is 4. The van der Waals surface area contributed by atoms with Crippen LogP contribution in [0.1, 0.15) is 54.9 Å². The zero-order valence-corrected chi connectivity index (χ0v) is 28.5. The van der Waals surface area contributed by atoms with Crippen LogP contribution in [0, 0.1) is 0 Å². The van der Waals surface area contributed by atoms with Crippen LogP contribution in [0.2, 0.25) is 0 Å². The van der Waals surface area contributed by atoms with Crippen molar-refractivity contribution in [1.82, 2.24) is 10.6 Å². The zero-order chi connectivity index (χ0) is 36.5. The van der Waals surface area contributed by atoms with Crippen LogP contribution in [0.25, 0.3) is 0 Å². The Morgan fingerprint density at radius 1 is 0.647 bits per heavy atom. The van der Waals surface area contributed by atoms with Crippen molar-refractivity contribution in [2.24, 2.45) is 0 Å². The first-order valence-electron chi connectivity index (χ1n) is 16.6. The van der Waals surface area contributed by atoms with E-state index in [1.165, 1.54) is 6.92 Å². The summed E-state index contributed by atoms with van der Waals surface area (Å²) >= 11 is 0. The normalized spacial score (nSPS) is 11.4. The number of amides is 2. The van der Waals surface area contributed by atoms with Gasteiger partial charge in [0.2, 0.25) is 5.91 Å². The van der Waals surface area contributed by atoms with Gasteiger partial charge in [0.15, 0.2) is 5.78 Å². The van der Waals surface area contributed by atoms with Crippen LogP contribution in [0.5, 0.6) is 0 Å². The highest BCUT2D eigenvalue weighted by Gasteiger charge is 2.38. The minimum absolute atomic E-state index is 0.0237. The van der Waals surface area contributed by atoms with Gasteiger partial charge in [-0.05, 0) is 35.6 Å². The van der Waals surface area contributed by atoms with Crippen LogP contribution in [-0.4, -0.2) is 49.0 Å². The van der Waals surface area contributed by atoms with Crippen molar-refractivity contribution in [3.8, 4) is 0 Å². The number of ether oxygens (including phenoxy) is 3. The number of nitrogens with one attached hydrogen (secondary N) is 2. The Balaban J connectivity index is 1.48. The van der Waals surface area contributed by atoms with Crippen molar-refractivity contribution >= 4 is 29.7 Å².